The number of nitrogens with zero attached hydrogens (tertiary/aromatic N) is 1. The molecule has 0 radical (unpaired) electrons. The van der Waals surface area contributed by atoms with Crippen molar-refractivity contribution in [2.24, 2.45) is 5.73 Å². The molecule has 0 atom stereocenters. The Morgan fingerprint density at radius 2 is 1.70 bits per heavy atom. The van der Waals surface area contributed by atoms with E-state index in [4.69, 9.17) is 5.73 Å². The smallest absolute Gasteiger partial charge is 0.243 e. The van der Waals surface area contributed by atoms with Crippen molar-refractivity contribution in [2.45, 2.75) is 42.0 Å². The maximum Gasteiger partial charge on any atom is 0.243 e. The van der Waals surface area contributed by atoms with Crippen LogP contribution < -0.4 is 10.5 Å². The van der Waals surface area contributed by atoms with E-state index < -0.39 is 25.6 Å². The van der Waals surface area contributed by atoms with E-state index in [0.717, 1.165) is 12.8 Å². The lowest BCUT2D eigenvalue weighted by Crippen LogP contribution is -2.45. The van der Waals surface area contributed by atoms with E-state index in [-0.39, 0.29) is 16.3 Å². The molecule has 0 bridgehead atoms. The van der Waals surface area contributed by atoms with E-state index in [0.29, 0.717) is 13.1 Å². The van der Waals surface area contributed by atoms with E-state index in [2.05, 4.69) is 4.72 Å². The van der Waals surface area contributed by atoms with E-state index in [9.17, 15) is 16.8 Å². The Balaban J connectivity index is 2.29. The Hall–Kier alpha value is -1.00. The summed E-state index contributed by atoms with van der Waals surface area (Å²) in [4.78, 5) is -0.0868. The highest BCUT2D eigenvalue weighted by Crippen LogP contribution is 2.23. The van der Waals surface area contributed by atoms with Crippen molar-refractivity contribution in [1.82, 2.24) is 9.03 Å². The normalized spacial score (nSPS) is 17.5. The molecule has 0 unspecified atom stereocenters. The average Bonchev–Trinajstić information content (AvgIpc) is 3.00. The lowest BCUT2D eigenvalue weighted by Gasteiger charge is -2.19. The summed E-state index contributed by atoms with van der Waals surface area (Å²) in [5.41, 5.74) is 5.07. The molecule has 1 fully saturated rings. The zero-order valence-corrected chi connectivity index (χ0v) is 15.0. The van der Waals surface area contributed by atoms with Gasteiger partial charge in [0.2, 0.25) is 20.0 Å². The second-order valence-electron chi connectivity index (χ2n) is 6.40. The standard InChI is InChI=1S/C14H23N3O4S2/c1-14(2,15)11-16-22(18,19)12-6-5-7-13(10-12)23(20,21)17-8-3-4-9-17/h5-7,10,16H,3-4,8-9,11,15H2,1-2H3. The number of hydrogen-bond donors (Lipinski definition) is 2. The maximum atomic E-state index is 12.5. The van der Waals surface area contributed by atoms with Crippen molar-refractivity contribution in [1.29, 1.82) is 0 Å². The van der Waals surface area contributed by atoms with Crippen LogP contribution in [0.4, 0.5) is 0 Å². The molecule has 0 saturated carbocycles. The summed E-state index contributed by atoms with van der Waals surface area (Å²) in [6.45, 7) is 4.39. The number of nitrogens with one attached hydrogen (secondary N) is 1. The minimum Gasteiger partial charge on any atom is -0.324 e. The fourth-order valence-electron chi connectivity index (χ4n) is 2.24. The zero-order valence-electron chi connectivity index (χ0n) is 13.3. The van der Waals surface area contributed by atoms with Gasteiger partial charge in [-0.1, -0.05) is 6.07 Å². The fraction of sp³-hybridized carbons (Fsp3) is 0.571. The Labute approximate surface area is 138 Å². The Morgan fingerprint density at radius 3 is 2.26 bits per heavy atom. The van der Waals surface area contributed by atoms with Crippen LogP contribution in [0.2, 0.25) is 0 Å². The molecule has 0 aliphatic carbocycles. The lowest BCUT2D eigenvalue weighted by atomic mass is 10.1. The first kappa shape index (κ1) is 18.3. The Morgan fingerprint density at radius 1 is 1.13 bits per heavy atom. The summed E-state index contributed by atoms with van der Waals surface area (Å²) in [6, 6.07) is 5.42. The quantitative estimate of drug-likeness (QED) is 0.766. The van der Waals surface area contributed by atoms with Crippen LogP contribution in [0.25, 0.3) is 0 Å². The second-order valence-corrected chi connectivity index (χ2v) is 10.1. The van der Waals surface area contributed by atoms with Crippen LogP contribution in [0, 0.1) is 0 Å². The lowest BCUT2D eigenvalue weighted by molar-refractivity contribution is 0.477. The first-order valence-corrected chi connectivity index (χ1v) is 10.3. The van der Waals surface area contributed by atoms with Gasteiger partial charge in [0.1, 0.15) is 0 Å². The van der Waals surface area contributed by atoms with Gasteiger partial charge in [-0.15, -0.1) is 0 Å². The first-order chi connectivity index (χ1) is 10.5. The van der Waals surface area contributed by atoms with Gasteiger partial charge in [0.05, 0.1) is 9.79 Å². The zero-order chi connectivity index (χ0) is 17.3. The monoisotopic (exact) mass is 361 g/mol. The minimum absolute atomic E-state index is 0.00529. The highest BCUT2D eigenvalue weighted by molar-refractivity contribution is 7.90. The molecule has 1 aliphatic heterocycles. The van der Waals surface area contributed by atoms with Gasteiger partial charge < -0.3 is 5.73 Å². The summed E-state index contributed by atoms with van der Waals surface area (Å²) in [5.74, 6) is 0. The number of benzene rings is 1. The third-order valence-corrected chi connectivity index (χ3v) is 6.83. The van der Waals surface area contributed by atoms with Gasteiger partial charge in [-0.3, -0.25) is 0 Å². The van der Waals surface area contributed by atoms with Crippen LogP contribution in [0.5, 0.6) is 0 Å². The molecular formula is C14H23N3O4S2. The molecular weight excluding hydrogens is 338 g/mol. The number of nitrogens with two attached hydrogens (primary N) is 1. The molecule has 130 valence electrons. The highest BCUT2D eigenvalue weighted by atomic mass is 32.2. The van der Waals surface area contributed by atoms with Gasteiger partial charge >= 0.3 is 0 Å². The van der Waals surface area contributed by atoms with Crippen LogP contribution in [-0.4, -0.2) is 46.3 Å². The van der Waals surface area contributed by atoms with E-state index >= 15 is 0 Å². The molecule has 1 aliphatic rings. The Kier molecular flexibility index (Phi) is 5.17. The molecule has 3 N–H and O–H groups in total. The number of rotatable bonds is 6. The van der Waals surface area contributed by atoms with E-state index in [1.807, 2.05) is 0 Å². The van der Waals surface area contributed by atoms with Crippen molar-refractivity contribution < 1.29 is 16.8 Å². The minimum atomic E-state index is -3.81. The van der Waals surface area contributed by atoms with Crippen molar-refractivity contribution >= 4 is 20.0 Å². The Bertz CT molecular complexity index is 761. The first-order valence-electron chi connectivity index (χ1n) is 7.41. The molecule has 1 aromatic rings. The highest BCUT2D eigenvalue weighted by Gasteiger charge is 2.28. The molecule has 0 amide bonds. The van der Waals surface area contributed by atoms with Crippen LogP contribution in [0.3, 0.4) is 0 Å². The second kappa shape index (κ2) is 6.48. The van der Waals surface area contributed by atoms with Crippen LogP contribution in [0.1, 0.15) is 26.7 Å². The number of sulfonamides is 2. The largest absolute Gasteiger partial charge is 0.324 e. The van der Waals surface area contributed by atoms with Gasteiger partial charge in [0.15, 0.2) is 0 Å². The summed E-state index contributed by atoms with van der Waals surface area (Å²) >= 11 is 0. The maximum absolute atomic E-state index is 12.5. The summed E-state index contributed by atoms with van der Waals surface area (Å²) < 4.78 is 53.4. The van der Waals surface area contributed by atoms with Gasteiger partial charge in [0.25, 0.3) is 0 Å². The molecule has 1 saturated heterocycles. The average molecular weight is 361 g/mol. The predicted molar refractivity (Wildman–Crippen MR) is 87.9 cm³/mol. The van der Waals surface area contributed by atoms with Crippen molar-refractivity contribution in [3.63, 3.8) is 0 Å². The van der Waals surface area contributed by atoms with Gasteiger partial charge in [-0.05, 0) is 44.9 Å². The number of hydrogen-bond acceptors (Lipinski definition) is 5. The van der Waals surface area contributed by atoms with Crippen LogP contribution in [-0.2, 0) is 20.0 Å². The predicted octanol–water partition coefficient (Wildman–Crippen LogP) is 0.487. The third kappa shape index (κ3) is 4.51. The van der Waals surface area contributed by atoms with Crippen molar-refractivity contribution in [2.75, 3.05) is 19.6 Å². The SMILES string of the molecule is CC(C)(N)CNS(=O)(=O)c1cccc(S(=O)(=O)N2CCCC2)c1. The van der Waals surface area contributed by atoms with Gasteiger partial charge in [-0.2, -0.15) is 4.31 Å². The summed E-state index contributed by atoms with van der Waals surface area (Å²) in [6.07, 6.45) is 1.65. The molecule has 1 heterocycles. The molecule has 0 aromatic heterocycles. The molecule has 23 heavy (non-hydrogen) atoms. The molecule has 1 aromatic carbocycles. The molecule has 7 nitrogen and oxygen atoms in total. The molecule has 2 rings (SSSR count). The van der Waals surface area contributed by atoms with E-state index in [1.165, 1.54) is 28.6 Å². The topological polar surface area (TPSA) is 110 Å². The molecule has 9 heteroatoms. The third-order valence-electron chi connectivity index (χ3n) is 3.54. The van der Waals surface area contributed by atoms with Crippen molar-refractivity contribution in [3.8, 4) is 0 Å². The summed E-state index contributed by atoms with van der Waals surface area (Å²) in [7, 11) is -7.46. The van der Waals surface area contributed by atoms with E-state index in [1.54, 1.807) is 13.8 Å². The van der Waals surface area contributed by atoms with Gasteiger partial charge in [-0.25, -0.2) is 21.6 Å². The molecule has 0 spiro atoms. The van der Waals surface area contributed by atoms with Crippen LogP contribution >= 0.6 is 0 Å². The fourth-order valence-corrected chi connectivity index (χ4v) is 5.15. The van der Waals surface area contributed by atoms with Crippen LogP contribution in [0.15, 0.2) is 34.1 Å². The van der Waals surface area contributed by atoms with Gasteiger partial charge in [0, 0.05) is 25.2 Å². The summed E-state index contributed by atoms with van der Waals surface area (Å²) in [5, 5.41) is 0. The van der Waals surface area contributed by atoms with Crippen molar-refractivity contribution in [3.05, 3.63) is 24.3 Å².